The van der Waals surface area contributed by atoms with E-state index >= 15 is 0 Å². The molecule has 1 fully saturated rings. The zero-order valence-electron chi connectivity index (χ0n) is 7.95. The molecule has 0 saturated carbocycles. The molecule has 1 aromatic carbocycles. The van der Waals surface area contributed by atoms with Gasteiger partial charge in [-0.1, -0.05) is 30.3 Å². The van der Waals surface area contributed by atoms with Gasteiger partial charge in [-0.3, -0.25) is 0 Å². The molecular formula is C10H10N2O2S. The molecule has 0 N–H and O–H groups in total. The maximum absolute atomic E-state index is 11.3. The Kier molecular flexibility index (Phi) is 1.74. The number of fused-ring (bicyclic) bond motifs is 1. The molecule has 78 valence electrons. The van der Waals surface area contributed by atoms with E-state index in [9.17, 15) is 8.42 Å². The number of hydrogen-bond donors (Lipinski definition) is 0. The average Bonchev–Trinajstić information content (AvgIpc) is 2.59. The lowest BCUT2D eigenvalue weighted by atomic mass is 9.95. The lowest BCUT2D eigenvalue weighted by Crippen LogP contribution is -2.45. The Bertz CT molecular complexity index is 509. The summed E-state index contributed by atoms with van der Waals surface area (Å²) in [6.07, 6.45) is 0. The number of azo groups is 1. The fraction of sp³-hybridized carbons (Fsp3) is 0.400. The van der Waals surface area contributed by atoms with E-state index in [-0.39, 0.29) is 17.7 Å². The Morgan fingerprint density at radius 1 is 1.13 bits per heavy atom. The molecule has 0 unspecified atom stereocenters. The maximum atomic E-state index is 11.3. The van der Waals surface area contributed by atoms with Crippen LogP contribution in [0.2, 0.25) is 0 Å². The van der Waals surface area contributed by atoms with Gasteiger partial charge in [0, 0.05) is 5.92 Å². The molecule has 0 aromatic heterocycles. The van der Waals surface area contributed by atoms with Crippen molar-refractivity contribution in [2.45, 2.75) is 11.4 Å². The topological polar surface area (TPSA) is 58.9 Å². The number of hydrogen-bond acceptors (Lipinski definition) is 4. The summed E-state index contributed by atoms with van der Waals surface area (Å²) in [5.74, 6) is 0.293. The van der Waals surface area contributed by atoms with E-state index in [0.717, 1.165) is 5.56 Å². The molecule has 3 atom stereocenters. The predicted molar refractivity (Wildman–Crippen MR) is 55.1 cm³/mol. The van der Waals surface area contributed by atoms with E-state index in [1.807, 2.05) is 30.3 Å². The van der Waals surface area contributed by atoms with Crippen LogP contribution in [0.5, 0.6) is 0 Å². The van der Waals surface area contributed by atoms with Gasteiger partial charge in [-0.25, -0.2) is 8.42 Å². The molecule has 15 heavy (non-hydrogen) atoms. The van der Waals surface area contributed by atoms with Crippen LogP contribution in [-0.4, -0.2) is 19.5 Å². The molecule has 0 radical (unpaired) electrons. The Labute approximate surface area is 88.0 Å². The van der Waals surface area contributed by atoms with Gasteiger partial charge in [0.05, 0.1) is 5.75 Å². The van der Waals surface area contributed by atoms with Crippen LogP contribution in [0.1, 0.15) is 11.6 Å². The largest absolute Gasteiger partial charge is 0.227 e. The van der Waals surface area contributed by atoms with E-state index in [0.29, 0.717) is 0 Å². The second-order valence-corrected chi connectivity index (χ2v) is 6.11. The van der Waals surface area contributed by atoms with Crippen molar-refractivity contribution in [1.29, 1.82) is 0 Å². The maximum Gasteiger partial charge on any atom is 0.178 e. The van der Waals surface area contributed by atoms with E-state index in [1.165, 1.54) is 0 Å². The lowest BCUT2D eigenvalue weighted by molar-refractivity contribution is 0.445. The average molecular weight is 222 g/mol. The summed E-state index contributed by atoms with van der Waals surface area (Å²) >= 11 is 0. The number of benzene rings is 1. The lowest BCUT2D eigenvalue weighted by Gasteiger charge is -2.30. The summed E-state index contributed by atoms with van der Waals surface area (Å²) in [6.45, 7) is 0. The highest BCUT2D eigenvalue weighted by Gasteiger charge is 2.54. The Morgan fingerprint density at radius 2 is 1.87 bits per heavy atom. The first-order chi connectivity index (χ1) is 7.18. The van der Waals surface area contributed by atoms with Crippen molar-refractivity contribution in [3.8, 4) is 0 Å². The first kappa shape index (κ1) is 9.03. The predicted octanol–water partition coefficient (Wildman–Crippen LogP) is 1.56. The summed E-state index contributed by atoms with van der Waals surface area (Å²) < 4.78 is 22.6. The molecule has 4 nitrogen and oxygen atoms in total. The van der Waals surface area contributed by atoms with Gasteiger partial charge >= 0.3 is 0 Å². The number of rotatable bonds is 1. The number of sulfone groups is 1. The quantitative estimate of drug-likeness (QED) is 0.724. The zero-order chi connectivity index (χ0) is 10.5. The third-order valence-corrected chi connectivity index (χ3v) is 5.04. The molecule has 5 heteroatoms. The van der Waals surface area contributed by atoms with Gasteiger partial charge in [-0.2, -0.15) is 10.2 Å². The molecule has 3 rings (SSSR count). The Hall–Kier alpha value is -1.23. The van der Waals surface area contributed by atoms with Crippen LogP contribution in [0.3, 0.4) is 0 Å². The molecule has 1 aromatic rings. The van der Waals surface area contributed by atoms with Gasteiger partial charge in [0.25, 0.3) is 0 Å². The van der Waals surface area contributed by atoms with Crippen molar-refractivity contribution in [2.24, 2.45) is 16.1 Å². The second kappa shape index (κ2) is 2.88. The minimum absolute atomic E-state index is 0.0558. The molecule has 0 amide bonds. The monoisotopic (exact) mass is 222 g/mol. The van der Waals surface area contributed by atoms with Crippen LogP contribution in [0.25, 0.3) is 0 Å². The van der Waals surface area contributed by atoms with E-state index in [4.69, 9.17) is 0 Å². The van der Waals surface area contributed by atoms with Crippen molar-refractivity contribution in [3.05, 3.63) is 35.9 Å². The van der Waals surface area contributed by atoms with Gasteiger partial charge in [0.15, 0.2) is 15.2 Å². The van der Waals surface area contributed by atoms with Gasteiger partial charge in [0.2, 0.25) is 0 Å². The van der Waals surface area contributed by atoms with Gasteiger partial charge in [-0.05, 0) is 5.56 Å². The Balaban J connectivity index is 1.92. The van der Waals surface area contributed by atoms with E-state index in [1.54, 1.807) is 0 Å². The van der Waals surface area contributed by atoms with Gasteiger partial charge in [-0.15, -0.1) is 0 Å². The fourth-order valence-corrected chi connectivity index (χ4v) is 3.90. The standard InChI is InChI=1S/C10H10N2O2S/c13-15(14)6-8-9(11-12-10(8)15)7-4-2-1-3-5-7/h1-5,8-10H,6H2/t8-,9-,10-/m0/s1. The van der Waals surface area contributed by atoms with Crippen LogP contribution < -0.4 is 0 Å². The smallest absolute Gasteiger partial charge is 0.178 e. The third-order valence-electron chi connectivity index (χ3n) is 3.01. The van der Waals surface area contributed by atoms with Crippen LogP contribution in [0.15, 0.2) is 40.6 Å². The first-order valence-electron chi connectivity index (χ1n) is 4.85. The highest BCUT2D eigenvalue weighted by atomic mass is 32.2. The second-order valence-electron chi connectivity index (χ2n) is 3.97. The molecule has 1 saturated heterocycles. The van der Waals surface area contributed by atoms with Gasteiger partial charge in [0.1, 0.15) is 6.04 Å². The molecule has 2 heterocycles. The highest BCUT2D eigenvalue weighted by molar-refractivity contribution is 7.93. The molecule has 2 aliphatic heterocycles. The summed E-state index contributed by atoms with van der Waals surface area (Å²) in [5, 5.41) is 7.36. The van der Waals surface area contributed by atoms with Crippen molar-refractivity contribution in [2.75, 3.05) is 5.75 Å². The van der Waals surface area contributed by atoms with Crippen LogP contribution in [0.4, 0.5) is 0 Å². The van der Waals surface area contributed by atoms with Crippen molar-refractivity contribution < 1.29 is 8.42 Å². The SMILES string of the molecule is O=S1(=O)C[C@@H]2[C@H]1N=N[C@H]2c1ccccc1. The first-order valence-corrected chi connectivity index (χ1v) is 6.56. The third kappa shape index (κ3) is 1.23. The minimum atomic E-state index is -2.96. The molecule has 0 aliphatic carbocycles. The van der Waals surface area contributed by atoms with Crippen molar-refractivity contribution in [1.82, 2.24) is 0 Å². The van der Waals surface area contributed by atoms with Gasteiger partial charge < -0.3 is 0 Å². The van der Waals surface area contributed by atoms with E-state index in [2.05, 4.69) is 10.2 Å². The van der Waals surface area contributed by atoms with Crippen LogP contribution in [0, 0.1) is 5.92 Å². The summed E-state index contributed by atoms with van der Waals surface area (Å²) in [7, 11) is -2.96. The summed E-state index contributed by atoms with van der Waals surface area (Å²) in [4.78, 5) is 0. The number of nitrogens with zero attached hydrogens (tertiary/aromatic N) is 2. The highest BCUT2D eigenvalue weighted by Crippen LogP contribution is 2.45. The van der Waals surface area contributed by atoms with Crippen LogP contribution in [-0.2, 0) is 9.84 Å². The van der Waals surface area contributed by atoms with Crippen LogP contribution >= 0.6 is 0 Å². The molecule has 2 aliphatic rings. The molecular weight excluding hydrogens is 212 g/mol. The minimum Gasteiger partial charge on any atom is -0.227 e. The molecule has 0 bridgehead atoms. The Morgan fingerprint density at radius 3 is 2.47 bits per heavy atom. The van der Waals surface area contributed by atoms with Crippen molar-refractivity contribution >= 4 is 9.84 Å². The van der Waals surface area contributed by atoms with E-state index < -0.39 is 15.2 Å². The summed E-state index contributed by atoms with van der Waals surface area (Å²) in [6, 6.07) is 9.69. The van der Waals surface area contributed by atoms with Crippen molar-refractivity contribution in [3.63, 3.8) is 0 Å². The zero-order valence-corrected chi connectivity index (χ0v) is 8.76. The normalized spacial score (nSPS) is 35.9. The fourth-order valence-electron chi connectivity index (χ4n) is 2.19. The summed E-state index contributed by atoms with van der Waals surface area (Å²) in [5.41, 5.74) is 1.06. The molecule has 0 spiro atoms.